The molecule has 2 aromatic carbocycles. The van der Waals surface area contributed by atoms with E-state index >= 15 is 0 Å². The van der Waals surface area contributed by atoms with E-state index in [1.165, 1.54) is 11.1 Å². The summed E-state index contributed by atoms with van der Waals surface area (Å²) < 4.78 is 0. The van der Waals surface area contributed by atoms with Crippen LogP contribution in [-0.4, -0.2) is 29.7 Å². The fourth-order valence-electron chi connectivity index (χ4n) is 2.54. The zero-order valence-electron chi connectivity index (χ0n) is 13.7. The van der Waals surface area contributed by atoms with Crippen LogP contribution in [0.25, 0.3) is 0 Å². The maximum absolute atomic E-state index is 4.52. The van der Waals surface area contributed by atoms with E-state index in [1.807, 2.05) is 13.0 Å². The quantitative estimate of drug-likeness (QED) is 0.696. The van der Waals surface area contributed by atoms with Crippen LogP contribution in [-0.2, 0) is 6.54 Å². The van der Waals surface area contributed by atoms with Crippen LogP contribution in [0.5, 0.6) is 0 Å². The van der Waals surface area contributed by atoms with Crippen LogP contribution in [0.4, 0.5) is 0 Å². The van der Waals surface area contributed by atoms with Gasteiger partial charge in [-0.3, -0.25) is 0 Å². The Hall–Kier alpha value is -2.62. The lowest BCUT2D eigenvalue weighted by atomic mass is 10.1. The number of rotatable bonds is 4. The summed E-state index contributed by atoms with van der Waals surface area (Å²) in [6.45, 7) is 6.69. The second kappa shape index (κ2) is 7.09. The van der Waals surface area contributed by atoms with E-state index in [9.17, 15) is 0 Å². The van der Waals surface area contributed by atoms with Crippen LogP contribution < -0.4 is 5.43 Å². The van der Waals surface area contributed by atoms with Crippen molar-refractivity contribution in [2.24, 2.45) is 10.1 Å². The summed E-state index contributed by atoms with van der Waals surface area (Å²) >= 11 is 0. The van der Waals surface area contributed by atoms with Crippen molar-refractivity contribution in [3.8, 4) is 0 Å². The predicted molar refractivity (Wildman–Crippen MR) is 95.7 cm³/mol. The van der Waals surface area contributed by atoms with Crippen molar-refractivity contribution in [2.45, 2.75) is 20.4 Å². The smallest absolute Gasteiger partial charge is 0.215 e. The first-order valence-corrected chi connectivity index (χ1v) is 7.93. The topological polar surface area (TPSA) is 40.0 Å². The molecule has 23 heavy (non-hydrogen) atoms. The Morgan fingerprint density at radius 2 is 1.87 bits per heavy atom. The first-order chi connectivity index (χ1) is 11.2. The summed E-state index contributed by atoms with van der Waals surface area (Å²) in [6.07, 6.45) is 0. The first-order valence-electron chi connectivity index (χ1n) is 7.93. The highest BCUT2D eigenvalue weighted by Crippen LogP contribution is 2.09. The van der Waals surface area contributed by atoms with E-state index in [0.717, 1.165) is 36.9 Å². The molecule has 2 aromatic rings. The second-order valence-electron chi connectivity index (χ2n) is 5.79. The largest absolute Gasteiger partial charge is 0.335 e. The predicted octanol–water partition coefficient (Wildman–Crippen LogP) is 3.18. The number of hydrazone groups is 1. The molecule has 0 radical (unpaired) electrons. The molecule has 4 heteroatoms. The van der Waals surface area contributed by atoms with Crippen LogP contribution in [0, 0.1) is 6.92 Å². The van der Waals surface area contributed by atoms with Crippen LogP contribution in [0.1, 0.15) is 23.6 Å². The molecule has 0 saturated carbocycles. The molecule has 1 aliphatic heterocycles. The molecule has 0 unspecified atom stereocenters. The zero-order valence-corrected chi connectivity index (χ0v) is 13.7. The van der Waals surface area contributed by atoms with Crippen molar-refractivity contribution in [2.75, 3.05) is 13.1 Å². The SMILES string of the molecule is CC(=NNC1=NCCN1Cc1ccccc1)c1ccc(C)cc1. The molecule has 0 aromatic heterocycles. The number of nitrogens with zero attached hydrogens (tertiary/aromatic N) is 3. The summed E-state index contributed by atoms with van der Waals surface area (Å²) in [6, 6.07) is 18.8. The molecule has 0 saturated heterocycles. The fourth-order valence-corrected chi connectivity index (χ4v) is 2.54. The molecule has 0 amide bonds. The van der Waals surface area contributed by atoms with Crippen LogP contribution in [0.3, 0.4) is 0 Å². The van der Waals surface area contributed by atoms with Crippen molar-refractivity contribution in [3.63, 3.8) is 0 Å². The van der Waals surface area contributed by atoms with Gasteiger partial charge in [0.25, 0.3) is 0 Å². The van der Waals surface area contributed by atoms with Gasteiger partial charge in [0.15, 0.2) is 0 Å². The van der Waals surface area contributed by atoms with Gasteiger partial charge in [-0.15, -0.1) is 0 Å². The summed E-state index contributed by atoms with van der Waals surface area (Å²) in [4.78, 5) is 6.74. The molecular formula is C19H22N4. The van der Waals surface area contributed by atoms with Gasteiger partial charge in [-0.25, -0.2) is 10.4 Å². The van der Waals surface area contributed by atoms with Gasteiger partial charge >= 0.3 is 0 Å². The number of hydrogen-bond donors (Lipinski definition) is 1. The lowest BCUT2D eigenvalue weighted by Crippen LogP contribution is -2.35. The standard InChI is InChI=1S/C19H22N4/c1-15-8-10-18(11-9-15)16(2)21-22-19-20-12-13-23(19)14-17-6-4-3-5-7-17/h3-11H,12-14H2,1-2H3,(H,20,22). The van der Waals surface area contributed by atoms with E-state index in [4.69, 9.17) is 0 Å². The Balaban J connectivity index is 1.64. The lowest BCUT2D eigenvalue weighted by Gasteiger charge is -2.19. The highest BCUT2D eigenvalue weighted by Gasteiger charge is 2.16. The summed E-state index contributed by atoms with van der Waals surface area (Å²) in [5.41, 5.74) is 7.74. The van der Waals surface area contributed by atoms with Gasteiger partial charge in [0.1, 0.15) is 0 Å². The molecule has 0 spiro atoms. The molecule has 0 fully saturated rings. The Morgan fingerprint density at radius 3 is 2.61 bits per heavy atom. The third kappa shape index (κ3) is 3.97. The maximum Gasteiger partial charge on any atom is 0.215 e. The molecule has 0 bridgehead atoms. The Bertz CT molecular complexity index is 702. The number of hydrogen-bond acceptors (Lipinski definition) is 4. The third-order valence-corrected chi connectivity index (χ3v) is 3.94. The van der Waals surface area contributed by atoms with Gasteiger partial charge in [0.05, 0.1) is 12.3 Å². The number of benzene rings is 2. The second-order valence-corrected chi connectivity index (χ2v) is 5.79. The summed E-state index contributed by atoms with van der Waals surface area (Å²) in [5.74, 6) is 0.848. The molecule has 0 atom stereocenters. The minimum atomic E-state index is 0.814. The molecule has 118 valence electrons. The number of aryl methyl sites for hydroxylation is 1. The van der Waals surface area contributed by atoms with Crippen molar-refractivity contribution in [1.82, 2.24) is 10.3 Å². The normalized spacial score (nSPS) is 14.8. The molecule has 1 N–H and O–H groups in total. The van der Waals surface area contributed by atoms with E-state index in [-0.39, 0.29) is 0 Å². The molecule has 0 aliphatic carbocycles. The van der Waals surface area contributed by atoms with Gasteiger partial charge in [0, 0.05) is 13.1 Å². The summed E-state index contributed by atoms with van der Waals surface area (Å²) in [5, 5.41) is 4.49. The van der Waals surface area contributed by atoms with E-state index in [1.54, 1.807) is 0 Å². The molecule has 1 aliphatic rings. The minimum absolute atomic E-state index is 0.814. The highest BCUT2D eigenvalue weighted by molar-refractivity contribution is 5.99. The van der Waals surface area contributed by atoms with Gasteiger partial charge in [-0.1, -0.05) is 60.2 Å². The van der Waals surface area contributed by atoms with E-state index in [2.05, 4.69) is 75.9 Å². The van der Waals surface area contributed by atoms with Crippen molar-refractivity contribution in [3.05, 3.63) is 71.3 Å². The van der Waals surface area contributed by atoms with E-state index < -0.39 is 0 Å². The maximum atomic E-state index is 4.52. The Morgan fingerprint density at radius 1 is 1.13 bits per heavy atom. The van der Waals surface area contributed by atoms with Crippen molar-refractivity contribution < 1.29 is 0 Å². The average molecular weight is 306 g/mol. The Kier molecular flexibility index (Phi) is 4.71. The van der Waals surface area contributed by atoms with Gasteiger partial charge in [-0.05, 0) is 25.0 Å². The first kappa shape index (κ1) is 15.3. The molecule has 3 rings (SSSR count). The third-order valence-electron chi connectivity index (χ3n) is 3.94. The van der Waals surface area contributed by atoms with Crippen molar-refractivity contribution >= 4 is 11.7 Å². The number of nitrogens with one attached hydrogen (secondary N) is 1. The van der Waals surface area contributed by atoms with Gasteiger partial charge in [0.2, 0.25) is 5.96 Å². The monoisotopic (exact) mass is 306 g/mol. The molecule has 1 heterocycles. The number of guanidine groups is 1. The van der Waals surface area contributed by atoms with Crippen molar-refractivity contribution in [1.29, 1.82) is 0 Å². The van der Waals surface area contributed by atoms with Crippen LogP contribution in [0.15, 0.2) is 64.7 Å². The van der Waals surface area contributed by atoms with Gasteiger partial charge < -0.3 is 4.90 Å². The van der Waals surface area contributed by atoms with Gasteiger partial charge in [-0.2, -0.15) is 5.10 Å². The average Bonchev–Trinajstić information content (AvgIpc) is 3.01. The van der Waals surface area contributed by atoms with Crippen LogP contribution >= 0.6 is 0 Å². The number of aliphatic imine (C=N–C) groups is 1. The Labute approximate surface area is 137 Å². The minimum Gasteiger partial charge on any atom is -0.335 e. The van der Waals surface area contributed by atoms with Crippen LogP contribution in [0.2, 0.25) is 0 Å². The molecule has 4 nitrogen and oxygen atoms in total. The fraction of sp³-hybridized carbons (Fsp3) is 0.263. The lowest BCUT2D eigenvalue weighted by molar-refractivity contribution is 0.438. The highest BCUT2D eigenvalue weighted by atomic mass is 15.4. The van der Waals surface area contributed by atoms with E-state index in [0.29, 0.717) is 0 Å². The molecular weight excluding hydrogens is 284 g/mol. The summed E-state index contributed by atoms with van der Waals surface area (Å²) in [7, 11) is 0. The zero-order chi connectivity index (χ0) is 16.1.